The minimum absolute atomic E-state index is 0.584. The predicted octanol–water partition coefficient (Wildman–Crippen LogP) is 3.17. The van der Waals surface area contributed by atoms with Crippen LogP contribution in [0.15, 0.2) is 24.3 Å². The van der Waals surface area contributed by atoms with Crippen molar-refractivity contribution in [3.63, 3.8) is 0 Å². The first kappa shape index (κ1) is 14.5. The molecular weight excluding hydrogens is 232 g/mol. The van der Waals surface area contributed by atoms with Gasteiger partial charge < -0.3 is 10.6 Å². The smallest absolute Gasteiger partial charge is 0.00218 e. The molecule has 2 rings (SSSR count). The van der Waals surface area contributed by atoms with Gasteiger partial charge in [0.25, 0.3) is 0 Å². The third kappa shape index (κ3) is 4.63. The summed E-state index contributed by atoms with van der Waals surface area (Å²) in [7, 11) is 0. The molecule has 0 bridgehead atoms. The second-order valence-electron chi connectivity index (χ2n) is 5.87. The molecule has 1 atom stereocenters. The highest BCUT2D eigenvalue weighted by atomic mass is 15.1. The number of nitrogens with two attached hydrogens (primary N) is 1. The Morgan fingerprint density at radius 2 is 1.79 bits per heavy atom. The van der Waals surface area contributed by atoms with Gasteiger partial charge in [0.05, 0.1) is 0 Å². The number of hydrogen-bond donors (Lipinski definition) is 1. The van der Waals surface area contributed by atoms with Gasteiger partial charge in [0, 0.05) is 6.54 Å². The summed E-state index contributed by atoms with van der Waals surface area (Å²) in [6.45, 7) is 6.85. The van der Waals surface area contributed by atoms with Crippen LogP contribution in [0.2, 0.25) is 0 Å². The van der Waals surface area contributed by atoms with Gasteiger partial charge in [-0.25, -0.2) is 0 Å². The van der Waals surface area contributed by atoms with E-state index >= 15 is 0 Å². The van der Waals surface area contributed by atoms with E-state index in [-0.39, 0.29) is 0 Å². The zero-order chi connectivity index (χ0) is 13.5. The molecular formula is C17H28N2. The molecule has 2 nitrogen and oxygen atoms in total. The molecule has 0 radical (unpaired) electrons. The average Bonchev–Trinajstić information content (AvgIpc) is 2.47. The topological polar surface area (TPSA) is 29.3 Å². The summed E-state index contributed by atoms with van der Waals surface area (Å²) in [5.41, 5.74) is 8.51. The van der Waals surface area contributed by atoms with Crippen molar-refractivity contribution in [2.45, 2.75) is 44.9 Å². The molecule has 19 heavy (non-hydrogen) atoms. The van der Waals surface area contributed by atoms with Crippen molar-refractivity contribution in [2.75, 3.05) is 26.2 Å². The summed E-state index contributed by atoms with van der Waals surface area (Å²) in [6.07, 6.45) is 6.45. The van der Waals surface area contributed by atoms with Crippen LogP contribution in [0.1, 0.15) is 49.7 Å². The molecule has 0 amide bonds. The Hall–Kier alpha value is -0.860. The van der Waals surface area contributed by atoms with Gasteiger partial charge in [-0.3, -0.25) is 0 Å². The molecule has 1 aromatic rings. The Bertz CT molecular complexity index is 352. The first-order valence-corrected chi connectivity index (χ1v) is 7.81. The Morgan fingerprint density at radius 1 is 1.11 bits per heavy atom. The number of likely N-dealkylation sites (tertiary alicyclic amines) is 1. The summed E-state index contributed by atoms with van der Waals surface area (Å²) < 4.78 is 0. The van der Waals surface area contributed by atoms with Crippen LogP contribution in [-0.2, 0) is 6.42 Å². The van der Waals surface area contributed by atoms with E-state index in [9.17, 15) is 0 Å². The molecule has 0 aliphatic carbocycles. The first-order valence-electron chi connectivity index (χ1n) is 7.81. The monoisotopic (exact) mass is 260 g/mol. The quantitative estimate of drug-likeness (QED) is 0.851. The van der Waals surface area contributed by atoms with Gasteiger partial charge in [-0.1, -0.05) is 37.6 Å². The third-order valence-corrected chi connectivity index (χ3v) is 4.31. The molecule has 0 spiro atoms. The molecule has 1 aromatic carbocycles. The highest BCUT2D eigenvalue weighted by molar-refractivity contribution is 5.25. The van der Waals surface area contributed by atoms with E-state index < -0.39 is 0 Å². The molecule has 1 heterocycles. The zero-order valence-corrected chi connectivity index (χ0v) is 12.3. The molecule has 106 valence electrons. The highest BCUT2D eigenvalue weighted by Crippen LogP contribution is 2.19. The summed E-state index contributed by atoms with van der Waals surface area (Å²) in [5, 5.41) is 0. The molecule has 0 aromatic heterocycles. The SMILES string of the molecule is CC(CCN)c1ccc(CCN2CCCCC2)cc1. The van der Waals surface area contributed by atoms with Crippen LogP contribution in [0.4, 0.5) is 0 Å². The van der Waals surface area contributed by atoms with Crippen molar-refractivity contribution >= 4 is 0 Å². The van der Waals surface area contributed by atoms with Crippen molar-refractivity contribution in [1.29, 1.82) is 0 Å². The molecule has 1 fully saturated rings. The van der Waals surface area contributed by atoms with E-state index in [0.29, 0.717) is 5.92 Å². The minimum Gasteiger partial charge on any atom is -0.330 e. The Morgan fingerprint density at radius 3 is 2.42 bits per heavy atom. The molecule has 0 saturated carbocycles. The van der Waals surface area contributed by atoms with Gasteiger partial charge in [-0.05, 0) is 62.4 Å². The van der Waals surface area contributed by atoms with E-state index in [1.165, 1.54) is 56.4 Å². The van der Waals surface area contributed by atoms with E-state index in [0.717, 1.165) is 13.0 Å². The van der Waals surface area contributed by atoms with Crippen molar-refractivity contribution in [3.05, 3.63) is 35.4 Å². The molecule has 1 unspecified atom stereocenters. The number of rotatable bonds is 6. The van der Waals surface area contributed by atoms with Crippen LogP contribution >= 0.6 is 0 Å². The predicted molar refractivity (Wildman–Crippen MR) is 82.5 cm³/mol. The largest absolute Gasteiger partial charge is 0.330 e. The second kappa shape index (κ2) is 7.66. The van der Waals surface area contributed by atoms with Gasteiger partial charge >= 0.3 is 0 Å². The standard InChI is InChI=1S/C17H28N2/c1-15(9-11-18)17-7-5-16(6-8-17)10-14-19-12-3-2-4-13-19/h5-8,15H,2-4,9-14,18H2,1H3. The number of hydrogen-bond acceptors (Lipinski definition) is 2. The van der Waals surface area contributed by atoms with E-state index in [1.807, 2.05) is 0 Å². The van der Waals surface area contributed by atoms with Gasteiger partial charge in [0.2, 0.25) is 0 Å². The molecule has 1 aliphatic rings. The maximum Gasteiger partial charge on any atom is 0.00218 e. The van der Waals surface area contributed by atoms with Crippen LogP contribution in [0.25, 0.3) is 0 Å². The van der Waals surface area contributed by atoms with Crippen molar-refractivity contribution in [1.82, 2.24) is 4.90 Å². The van der Waals surface area contributed by atoms with Crippen LogP contribution in [0.5, 0.6) is 0 Å². The zero-order valence-electron chi connectivity index (χ0n) is 12.3. The Balaban J connectivity index is 1.81. The molecule has 1 saturated heterocycles. The fourth-order valence-corrected chi connectivity index (χ4v) is 2.90. The Labute approximate surface area is 118 Å². The van der Waals surface area contributed by atoms with Crippen molar-refractivity contribution in [3.8, 4) is 0 Å². The van der Waals surface area contributed by atoms with Crippen molar-refractivity contribution in [2.24, 2.45) is 5.73 Å². The number of piperidine rings is 1. The number of benzene rings is 1. The average molecular weight is 260 g/mol. The van der Waals surface area contributed by atoms with Gasteiger partial charge in [-0.2, -0.15) is 0 Å². The lowest BCUT2D eigenvalue weighted by Crippen LogP contribution is -2.31. The maximum absolute atomic E-state index is 5.62. The van der Waals surface area contributed by atoms with Crippen LogP contribution in [-0.4, -0.2) is 31.1 Å². The first-order chi connectivity index (χ1) is 9.29. The molecule has 2 heteroatoms. The highest BCUT2D eigenvalue weighted by Gasteiger charge is 2.10. The van der Waals surface area contributed by atoms with Crippen LogP contribution in [0, 0.1) is 0 Å². The van der Waals surface area contributed by atoms with E-state index in [4.69, 9.17) is 5.73 Å². The Kier molecular flexibility index (Phi) is 5.87. The normalized spacial score (nSPS) is 18.4. The summed E-state index contributed by atoms with van der Waals surface area (Å²) in [4.78, 5) is 2.61. The lowest BCUT2D eigenvalue weighted by Gasteiger charge is -2.26. The number of nitrogens with zero attached hydrogens (tertiary/aromatic N) is 1. The third-order valence-electron chi connectivity index (χ3n) is 4.31. The van der Waals surface area contributed by atoms with E-state index in [2.05, 4.69) is 36.1 Å². The summed E-state index contributed by atoms with van der Waals surface area (Å²) in [5.74, 6) is 0.584. The fourth-order valence-electron chi connectivity index (χ4n) is 2.90. The molecule has 1 aliphatic heterocycles. The lowest BCUT2D eigenvalue weighted by atomic mass is 9.96. The second-order valence-corrected chi connectivity index (χ2v) is 5.87. The lowest BCUT2D eigenvalue weighted by molar-refractivity contribution is 0.231. The van der Waals surface area contributed by atoms with Gasteiger partial charge in [-0.15, -0.1) is 0 Å². The van der Waals surface area contributed by atoms with Gasteiger partial charge in [0.15, 0.2) is 0 Å². The summed E-state index contributed by atoms with van der Waals surface area (Å²) in [6, 6.07) is 9.16. The fraction of sp³-hybridized carbons (Fsp3) is 0.647. The van der Waals surface area contributed by atoms with Gasteiger partial charge in [0.1, 0.15) is 0 Å². The summed E-state index contributed by atoms with van der Waals surface area (Å²) >= 11 is 0. The maximum atomic E-state index is 5.62. The molecule has 2 N–H and O–H groups in total. The van der Waals surface area contributed by atoms with Crippen LogP contribution < -0.4 is 5.73 Å². The van der Waals surface area contributed by atoms with Crippen LogP contribution in [0.3, 0.4) is 0 Å². The van der Waals surface area contributed by atoms with E-state index in [1.54, 1.807) is 0 Å². The minimum atomic E-state index is 0.584. The van der Waals surface area contributed by atoms with Crippen molar-refractivity contribution < 1.29 is 0 Å².